The summed E-state index contributed by atoms with van der Waals surface area (Å²) in [4.78, 5) is 55.2. The van der Waals surface area contributed by atoms with Crippen LogP contribution in [0.25, 0.3) is 0 Å². The van der Waals surface area contributed by atoms with Gasteiger partial charge in [-0.25, -0.2) is 14.4 Å². The zero-order valence-corrected chi connectivity index (χ0v) is 30.1. The lowest BCUT2D eigenvalue weighted by atomic mass is 9.57. The summed E-state index contributed by atoms with van der Waals surface area (Å²) in [5, 5.41) is 14.5. The summed E-state index contributed by atoms with van der Waals surface area (Å²) < 4.78 is 31.1. The molecule has 3 N–H and O–H groups in total. The number of amides is 1. The van der Waals surface area contributed by atoms with Gasteiger partial charge in [-0.15, -0.1) is 0 Å². The fourth-order valence-electron chi connectivity index (χ4n) is 8.32. The van der Waals surface area contributed by atoms with Crippen molar-refractivity contribution in [3.8, 4) is 0 Å². The van der Waals surface area contributed by atoms with Gasteiger partial charge in [-0.2, -0.15) is 0 Å². The van der Waals surface area contributed by atoms with Gasteiger partial charge in [0, 0.05) is 53.9 Å². The predicted molar refractivity (Wildman–Crippen MR) is 182 cm³/mol. The standard InChI is InChI=1S/C37H43BrN2O10/c1-18-14-19(2)37-23(11-12-25-28(37)29(41)20(3)31(32(25)50-37)49-34(43)26-10-7-13-39-26)16-27(46-5)35(44)48-30(18)21(4)47-36(45)33(42)40-17-22-8-6-9-24(38)15-22/h6-15,18,20-21,23,25,27-32,39,41H,16-17H2,1-5H3,(H,40,42)/b19-14+/t18-,20-,21-,23-,25?,27+,28?,29-,30+,31-,32-,37+/m1/s1. The molecule has 6 rings (SSSR count). The maximum Gasteiger partial charge on any atom is 0.397 e. The average molecular weight is 756 g/mol. The fourth-order valence-corrected chi connectivity index (χ4v) is 8.77. The molecule has 12 nitrogen and oxygen atoms in total. The van der Waals surface area contributed by atoms with E-state index in [1.165, 1.54) is 7.11 Å². The monoisotopic (exact) mass is 754 g/mol. The molecule has 1 saturated heterocycles. The largest absolute Gasteiger partial charge is 0.456 e. The van der Waals surface area contributed by atoms with E-state index < -0.39 is 89.7 Å². The van der Waals surface area contributed by atoms with Gasteiger partial charge in [0.25, 0.3) is 0 Å². The summed E-state index contributed by atoms with van der Waals surface area (Å²) >= 11 is 3.39. The maximum absolute atomic E-state index is 13.7. The highest BCUT2D eigenvalue weighted by molar-refractivity contribution is 9.10. The molecule has 2 unspecified atom stereocenters. The van der Waals surface area contributed by atoms with Crippen molar-refractivity contribution in [3.05, 3.63) is 82.1 Å². The molecule has 2 aliphatic heterocycles. The van der Waals surface area contributed by atoms with Crippen LogP contribution in [-0.2, 0) is 44.6 Å². The third kappa shape index (κ3) is 6.56. The molecule has 2 aliphatic carbocycles. The van der Waals surface area contributed by atoms with Gasteiger partial charge < -0.3 is 39.1 Å². The van der Waals surface area contributed by atoms with Crippen molar-refractivity contribution in [2.24, 2.45) is 29.6 Å². The van der Waals surface area contributed by atoms with Crippen LogP contribution >= 0.6 is 15.9 Å². The number of methoxy groups -OCH3 is 1. The number of cyclic esters (lactones) is 1. The van der Waals surface area contributed by atoms with Gasteiger partial charge in [-0.1, -0.05) is 60.1 Å². The Morgan fingerprint density at radius 1 is 1.18 bits per heavy atom. The maximum atomic E-state index is 13.7. The van der Waals surface area contributed by atoms with Crippen LogP contribution in [0.5, 0.6) is 0 Å². The van der Waals surface area contributed by atoms with Crippen LogP contribution in [0.1, 0.15) is 50.2 Å². The molecule has 2 fully saturated rings. The van der Waals surface area contributed by atoms with Gasteiger partial charge in [-0.3, -0.25) is 4.79 Å². The van der Waals surface area contributed by atoms with Gasteiger partial charge in [0.2, 0.25) is 0 Å². The smallest absolute Gasteiger partial charge is 0.397 e. The van der Waals surface area contributed by atoms with Crippen molar-refractivity contribution in [3.63, 3.8) is 0 Å². The molecule has 13 heteroatoms. The lowest BCUT2D eigenvalue weighted by molar-refractivity contribution is -0.180. The first kappa shape index (κ1) is 36.0. The van der Waals surface area contributed by atoms with E-state index in [2.05, 4.69) is 26.2 Å². The molecule has 4 aliphatic rings. The Bertz CT molecular complexity index is 1680. The Hall–Kier alpha value is -3.78. The third-order valence-corrected chi connectivity index (χ3v) is 11.2. The third-order valence-electron chi connectivity index (χ3n) is 10.7. The van der Waals surface area contributed by atoms with Crippen molar-refractivity contribution in [1.29, 1.82) is 0 Å². The second kappa shape index (κ2) is 14.5. The molecular formula is C37H43BrN2O10. The molecule has 12 atom stereocenters. The molecule has 0 radical (unpaired) electrons. The molecule has 50 heavy (non-hydrogen) atoms. The summed E-state index contributed by atoms with van der Waals surface area (Å²) in [6.07, 6.45) is 2.51. The number of H-pyrrole nitrogens is 1. The first-order valence-electron chi connectivity index (χ1n) is 16.9. The van der Waals surface area contributed by atoms with Gasteiger partial charge in [0.1, 0.15) is 35.7 Å². The second-order valence-electron chi connectivity index (χ2n) is 13.8. The van der Waals surface area contributed by atoms with Crippen LogP contribution < -0.4 is 5.32 Å². The zero-order valence-electron chi connectivity index (χ0n) is 28.5. The minimum absolute atomic E-state index is 0.116. The van der Waals surface area contributed by atoms with E-state index in [4.69, 9.17) is 23.7 Å². The highest BCUT2D eigenvalue weighted by Crippen LogP contribution is 2.61. The van der Waals surface area contributed by atoms with Crippen molar-refractivity contribution < 1.29 is 48.0 Å². The van der Waals surface area contributed by atoms with Crippen molar-refractivity contribution in [1.82, 2.24) is 10.3 Å². The Morgan fingerprint density at radius 3 is 2.66 bits per heavy atom. The molecule has 1 saturated carbocycles. The molecule has 268 valence electrons. The van der Waals surface area contributed by atoms with Gasteiger partial charge in [0.15, 0.2) is 6.10 Å². The number of nitrogens with one attached hydrogen (secondary N) is 2. The predicted octanol–water partition coefficient (Wildman–Crippen LogP) is 4.03. The van der Waals surface area contributed by atoms with Gasteiger partial charge in [-0.05, 0) is 55.7 Å². The number of aromatic nitrogens is 1. The van der Waals surface area contributed by atoms with Gasteiger partial charge in [0.05, 0.1) is 6.10 Å². The number of halogens is 1. The lowest BCUT2D eigenvalue weighted by Crippen LogP contribution is -2.57. The van der Waals surface area contributed by atoms with Crippen LogP contribution in [0.4, 0.5) is 0 Å². The molecule has 1 amide bonds. The first-order chi connectivity index (χ1) is 23.8. The summed E-state index contributed by atoms with van der Waals surface area (Å²) in [5.41, 5.74) is 0.817. The number of benzene rings is 1. The van der Waals surface area contributed by atoms with Crippen molar-refractivity contribution in [2.45, 2.75) is 82.9 Å². The number of carbonyl (C=O) groups excluding carboxylic acids is 4. The average Bonchev–Trinajstić information content (AvgIpc) is 3.69. The number of aliphatic hydroxyl groups excluding tert-OH is 1. The van der Waals surface area contributed by atoms with Crippen LogP contribution in [-0.4, -0.2) is 83.2 Å². The summed E-state index contributed by atoms with van der Waals surface area (Å²) in [6.45, 7) is 7.29. The highest BCUT2D eigenvalue weighted by atomic mass is 79.9. The quantitative estimate of drug-likeness (QED) is 0.163. The number of hydrogen-bond donors (Lipinski definition) is 3. The number of esters is 3. The molecule has 3 heterocycles. The molecular weight excluding hydrogens is 712 g/mol. The highest BCUT2D eigenvalue weighted by Gasteiger charge is 2.69. The van der Waals surface area contributed by atoms with E-state index in [-0.39, 0.29) is 18.9 Å². The second-order valence-corrected chi connectivity index (χ2v) is 14.7. The van der Waals surface area contributed by atoms with Gasteiger partial charge >= 0.3 is 23.8 Å². The molecule has 1 aromatic heterocycles. The minimum Gasteiger partial charge on any atom is -0.456 e. The SMILES string of the molecule is CO[C@H]1C[C@H]2C=CC3C4[C@H](O)[C@@H](C)[C@@H](OC(=O)c5ccc[nH]5)[C@@H]3O[C@]42/C(C)=C/[C@@H](C)[C@@H]([C@@H](C)OC(=O)C(=O)NCc2cccc(Br)c2)OC1=O. The number of aliphatic hydroxyl groups is 1. The van der Waals surface area contributed by atoms with Crippen molar-refractivity contribution >= 4 is 39.7 Å². The normalized spacial score (nSPS) is 36.2. The summed E-state index contributed by atoms with van der Waals surface area (Å²) in [7, 11) is 1.42. The van der Waals surface area contributed by atoms with E-state index in [0.717, 1.165) is 15.6 Å². The van der Waals surface area contributed by atoms with E-state index in [1.54, 1.807) is 25.3 Å². The number of hydrogen-bond acceptors (Lipinski definition) is 10. The van der Waals surface area contributed by atoms with Crippen LogP contribution in [0.2, 0.25) is 0 Å². The van der Waals surface area contributed by atoms with E-state index in [0.29, 0.717) is 5.69 Å². The Labute approximate surface area is 299 Å². The minimum atomic E-state index is -1.11. The van der Waals surface area contributed by atoms with E-state index in [1.807, 2.05) is 63.3 Å². The molecule has 4 bridgehead atoms. The summed E-state index contributed by atoms with van der Waals surface area (Å²) in [5.74, 6) is -5.27. The molecule has 2 aromatic rings. The Kier molecular flexibility index (Phi) is 10.4. The summed E-state index contributed by atoms with van der Waals surface area (Å²) in [6, 6.07) is 10.6. The van der Waals surface area contributed by atoms with Crippen molar-refractivity contribution in [2.75, 3.05) is 7.11 Å². The first-order valence-corrected chi connectivity index (χ1v) is 17.7. The number of ether oxygens (including phenoxy) is 5. The fraction of sp³-hybridized carbons (Fsp3) is 0.514. The van der Waals surface area contributed by atoms with Crippen LogP contribution in [0, 0.1) is 29.6 Å². The Morgan fingerprint density at radius 2 is 1.96 bits per heavy atom. The zero-order chi connectivity index (χ0) is 35.9. The number of carbonyl (C=O) groups is 4. The number of rotatable bonds is 7. The Balaban J connectivity index is 1.26. The molecule has 1 spiro atoms. The van der Waals surface area contributed by atoms with Crippen LogP contribution in [0.15, 0.2) is 70.9 Å². The topological polar surface area (TPSA) is 162 Å². The number of aromatic amines is 1. The molecule has 1 aromatic carbocycles. The van der Waals surface area contributed by atoms with E-state index in [9.17, 15) is 24.3 Å². The lowest BCUT2D eigenvalue weighted by Gasteiger charge is -2.48. The van der Waals surface area contributed by atoms with Crippen LogP contribution in [0.3, 0.4) is 0 Å². The van der Waals surface area contributed by atoms with E-state index >= 15 is 0 Å².